The number of nitrogens with zero attached hydrogens (tertiary/aromatic N) is 3. The number of oxime groups is 1. The predicted molar refractivity (Wildman–Crippen MR) is 98.8 cm³/mol. The Morgan fingerprint density at radius 3 is 2.92 bits per heavy atom. The number of hydrogen-bond acceptors (Lipinski definition) is 4. The van der Waals surface area contributed by atoms with E-state index in [0.717, 1.165) is 30.7 Å². The van der Waals surface area contributed by atoms with Crippen LogP contribution in [-0.4, -0.2) is 39.9 Å². The monoisotopic (exact) mass is 352 g/mol. The van der Waals surface area contributed by atoms with Crippen LogP contribution in [0.1, 0.15) is 41.8 Å². The molecule has 1 amide bonds. The number of benzene rings is 1. The Hall–Kier alpha value is -2.63. The Kier molecular flexibility index (Phi) is 4.73. The van der Waals surface area contributed by atoms with Gasteiger partial charge in [0.05, 0.1) is 18.0 Å². The lowest BCUT2D eigenvalue weighted by Gasteiger charge is -2.20. The zero-order valence-electron chi connectivity index (χ0n) is 15.1. The van der Waals surface area contributed by atoms with Crippen molar-refractivity contribution < 1.29 is 9.63 Å². The average molecular weight is 352 g/mol. The number of aryl methyl sites for hydroxylation is 1. The van der Waals surface area contributed by atoms with E-state index < -0.39 is 6.10 Å². The first-order valence-corrected chi connectivity index (χ1v) is 9.26. The van der Waals surface area contributed by atoms with Gasteiger partial charge in [0.25, 0.3) is 5.91 Å². The number of carbonyl (C=O) groups is 1. The standard InChI is InChI=1S/C20H24N4O2/c1-24(13-18-16-9-5-6-10-17(16)21-22-18)20(25)19-12-15(23-26-19)11-14-7-3-2-4-8-14/h2-4,7-8,19H,5-6,9-13H2,1H3,(H,21,22)/t19-/m1/s1. The van der Waals surface area contributed by atoms with Gasteiger partial charge in [0.1, 0.15) is 0 Å². The lowest BCUT2D eigenvalue weighted by atomic mass is 9.96. The van der Waals surface area contributed by atoms with Crippen molar-refractivity contribution in [1.29, 1.82) is 0 Å². The van der Waals surface area contributed by atoms with E-state index in [2.05, 4.69) is 27.5 Å². The summed E-state index contributed by atoms with van der Waals surface area (Å²) in [6.07, 6.45) is 5.27. The molecule has 2 heterocycles. The summed E-state index contributed by atoms with van der Waals surface area (Å²) in [6, 6.07) is 10.1. The van der Waals surface area contributed by atoms with Crippen molar-refractivity contribution in [3.63, 3.8) is 0 Å². The van der Waals surface area contributed by atoms with Gasteiger partial charge in [0.2, 0.25) is 6.10 Å². The predicted octanol–water partition coefficient (Wildman–Crippen LogP) is 2.63. The molecular formula is C20H24N4O2. The summed E-state index contributed by atoms with van der Waals surface area (Å²) < 4.78 is 0. The first-order valence-electron chi connectivity index (χ1n) is 9.26. The van der Waals surface area contributed by atoms with Crippen LogP contribution in [0.5, 0.6) is 0 Å². The van der Waals surface area contributed by atoms with Crippen LogP contribution in [0, 0.1) is 0 Å². The molecule has 1 N–H and O–H groups in total. The molecule has 2 aromatic rings. The van der Waals surface area contributed by atoms with E-state index in [1.54, 1.807) is 4.90 Å². The van der Waals surface area contributed by atoms with E-state index in [1.807, 2.05) is 25.2 Å². The number of likely N-dealkylation sites (N-methyl/N-ethyl adjacent to an activating group) is 1. The summed E-state index contributed by atoms with van der Waals surface area (Å²) in [4.78, 5) is 19.9. The van der Waals surface area contributed by atoms with Gasteiger partial charge >= 0.3 is 0 Å². The summed E-state index contributed by atoms with van der Waals surface area (Å²) in [6.45, 7) is 0.512. The van der Waals surface area contributed by atoms with Crippen LogP contribution in [0.15, 0.2) is 35.5 Å². The third kappa shape index (κ3) is 3.49. The highest BCUT2D eigenvalue weighted by Crippen LogP contribution is 2.23. The van der Waals surface area contributed by atoms with Gasteiger partial charge in [0, 0.05) is 25.6 Å². The number of aromatic nitrogens is 2. The van der Waals surface area contributed by atoms with Crippen molar-refractivity contribution in [2.45, 2.75) is 51.2 Å². The van der Waals surface area contributed by atoms with Gasteiger partial charge in [-0.1, -0.05) is 35.5 Å². The quantitative estimate of drug-likeness (QED) is 0.899. The van der Waals surface area contributed by atoms with Gasteiger partial charge in [0.15, 0.2) is 0 Å². The topological polar surface area (TPSA) is 70.6 Å². The van der Waals surface area contributed by atoms with Crippen molar-refractivity contribution in [2.24, 2.45) is 5.16 Å². The maximum absolute atomic E-state index is 12.7. The van der Waals surface area contributed by atoms with Crippen LogP contribution in [0.2, 0.25) is 0 Å². The molecule has 0 saturated heterocycles. The van der Waals surface area contributed by atoms with E-state index in [-0.39, 0.29) is 5.91 Å². The van der Waals surface area contributed by atoms with Gasteiger partial charge in [-0.3, -0.25) is 9.89 Å². The molecule has 0 unspecified atom stereocenters. The number of H-pyrrole nitrogens is 1. The zero-order valence-corrected chi connectivity index (χ0v) is 15.1. The molecule has 1 aromatic heterocycles. The Morgan fingerprint density at radius 2 is 2.08 bits per heavy atom. The van der Waals surface area contributed by atoms with Crippen LogP contribution in [0.3, 0.4) is 0 Å². The number of nitrogens with one attached hydrogen (secondary N) is 1. The van der Waals surface area contributed by atoms with E-state index in [9.17, 15) is 4.79 Å². The van der Waals surface area contributed by atoms with Gasteiger partial charge in [-0.15, -0.1) is 0 Å². The fourth-order valence-electron chi connectivity index (χ4n) is 3.72. The van der Waals surface area contributed by atoms with E-state index >= 15 is 0 Å². The number of amides is 1. The van der Waals surface area contributed by atoms with Crippen LogP contribution in [0.25, 0.3) is 0 Å². The maximum atomic E-state index is 12.7. The van der Waals surface area contributed by atoms with Gasteiger partial charge < -0.3 is 9.74 Å². The van der Waals surface area contributed by atoms with Crippen molar-refractivity contribution in [1.82, 2.24) is 15.1 Å². The molecule has 26 heavy (non-hydrogen) atoms. The average Bonchev–Trinajstić information content (AvgIpc) is 3.29. The smallest absolute Gasteiger partial charge is 0.266 e. The number of aromatic amines is 1. The molecule has 2 aliphatic rings. The molecular weight excluding hydrogens is 328 g/mol. The van der Waals surface area contributed by atoms with E-state index in [1.165, 1.54) is 29.7 Å². The minimum Gasteiger partial charge on any atom is -0.382 e. The third-order valence-corrected chi connectivity index (χ3v) is 5.16. The van der Waals surface area contributed by atoms with E-state index in [4.69, 9.17) is 4.84 Å². The summed E-state index contributed by atoms with van der Waals surface area (Å²) in [5.74, 6) is -0.0376. The first kappa shape index (κ1) is 16.8. The fourth-order valence-corrected chi connectivity index (χ4v) is 3.72. The molecule has 136 valence electrons. The first-order chi connectivity index (χ1) is 12.7. The highest BCUT2D eigenvalue weighted by atomic mass is 16.6. The number of carbonyl (C=O) groups excluding carboxylic acids is 1. The van der Waals surface area contributed by atoms with Crippen molar-refractivity contribution in [3.05, 3.63) is 52.8 Å². The molecule has 0 radical (unpaired) electrons. The van der Waals surface area contributed by atoms with Crippen LogP contribution in [-0.2, 0) is 35.4 Å². The molecule has 1 atom stereocenters. The summed E-state index contributed by atoms with van der Waals surface area (Å²) in [7, 11) is 1.81. The Labute approximate surface area is 153 Å². The summed E-state index contributed by atoms with van der Waals surface area (Å²) in [5.41, 5.74) is 5.61. The largest absolute Gasteiger partial charge is 0.382 e. The van der Waals surface area contributed by atoms with Crippen molar-refractivity contribution in [3.8, 4) is 0 Å². The number of hydrogen-bond donors (Lipinski definition) is 1. The highest BCUT2D eigenvalue weighted by molar-refractivity contribution is 5.93. The van der Waals surface area contributed by atoms with E-state index in [0.29, 0.717) is 13.0 Å². The zero-order chi connectivity index (χ0) is 17.9. The molecule has 1 aliphatic carbocycles. The molecule has 1 aliphatic heterocycles. The number of rotatable bonds is 5. The molecule has 4 rings (SSSR count). The second kappa shape index (κ2) is 7.32. The van der Waals surface area contributed by atoms with Gasteiger partial charge in [-0.05, 0) is 36.8 Å². The minimum absolute atomic E-state index is 0.0376. The maximum Gasteiger partial charge on any atom is 0.266 e. The Morgan fingerprint density at radius 1 is 1.27 bits per heavy atom. The second-order valence-corrected chi connectivity index (χ2v) is 7.15. The number of fused-ring (bicyclic) bond motifs is 1. The molecule has 0 fully saturated rings. The lowest BCUT2D eigenvalue weighted by molar-refractivity contribution is -0.141. The Bertz CT molecular complexity index is 812. The minimum atomic E-state index is -0.520. The molecule has 0 bridgehead atoms. The Balaban J connectivity index is 1.34. The normalized spacial score (nSPS) is 18.8. The molecule has 6 nitrogen and oxygen atoms in total. The van der Waals surface area contributed by atoms with Crippen molar-refractivity contribution in [2.75, 3.05) is 7.05 Å². The summed E-state index contributed by atoms with van der Waals surface area (Å²) in [5, 5.41) is 11.7. The molecule has 0 spiro atoms. The fraction of sp³-hybridized carbons (Fsp3) is 0.450. The summed E-state index contributed by atoms with van der Waals surface area (Å²) >= 11 is 0. The van der Waals surface area contributed by atoms with Crippen molar-refractivity contribution >= 4 is 11.6 Å². The molecule has 0 saturated carbocycles. The van der Waals surface area contributed by atoms with Crippen LogP contribution >= 0.6 is 0 Å². The molecule has 6 heteroatoms. The van der Waals surface area contributed by atoms with Gasteiger partial charge in [-0.2, -0.15) is 5.10 Å². The third-order valence-electron chi connectivity index (χ3n) is 5.16. The highest BCUT2D eigenvalue weighted by Gasteiger charge is 2.31. The lowest BCUT2D eigenvalue weighted by Crippen LogP contribution is -2.36. The van der Waals surface area contributed by atoms with Crippen LogP contribution in [0.4, 0.5) is 0 Å². The van der Waals surface area contributed by atoms with Gasteiger partial charge in [-0.25, -0.2) is 0 Å². The molecule has 1 aromatic carbocycles. The van der Waals surface area contributed by atoms with Crippen LogP contribution < -0.4 is 0 Å². The SMILES string of the molecule is CN(Cc1n[nH]c2c1CCCC2)C(=O)[C@H]1CC(Cc2ccccc2)=NO1. The second-order valence-electron chi connectivity index (χ2n) is 7.15.